The van der Waals surface area contributed by atoms with Gasteiger partial charge in [-0.2, -0.15) is 0 Å². The van der Waals surface area contributed by atoms with Gasteiger partial charge >= 0.3 is 0 Å². The Labute approximate surface area is 168 Å². The van der Waals surface area contributed by atoms with Crippen molar-refractivity contribution >= 4 is 32.5 Å². The standard InChI is InChI=1S/C21H18ClN3O2S/c22-21-11-10-16(12-24-21)28(26,27)25-14-18(15-6-2-1-3-7-15)19-13-23-20-9-5-4-8-17(19)20/h1-13,18,23,25H,14H2. The first kappa shape index (κ1) is 18.7. The molecule has 1 atom stereocenters. The molecule has 0 saturated heterocycles. The molecule has 1 unspecified atom stereocenters. The third-order valence-corrected chi connectivity index (χ3v) is 6.32. The Morgan fingerprint density at radius 1 is 1.00 bits per heavy atom. The number of pyridine rings is 1. The van der Waals surface area contributed by atoms with Crippen LogP contribution in [0.3, 0.4) is 0 Å². The summed E-state index contributed by atoms with van der Waals surface area (Å²) < 4.78 is 28.1. The molecule has 2 aromatic heterocycles. The lowest BCUT2D eigenvalue weighted by Crippen LogP contribution is -2.29. The highest BCUT2D eigenvalue weighted by Gasteiger charge is 2.22. The predicted octanol–water partition coefficient (Wildman–Crippen LogP) is 4.33. The van der Waals surface area contributed by atoms with E-state index < -0.39 is 10.0 Å². The number of aromatic nitrogens is 2. The average Bonchev–Trinajstić information content (AvgIpc) is 3.13. The van der Waals surface area contributed by atoms with Gasteiger partial charge in [0.25, 0.3) is 0 Å². The average molecular weight is 412 g/mol. The molecular formula is C21H18ClN3O2S. The second kappa shape index (κ2) is 7.75. The first-order valence-electron chi connectivity index (χ1n) is 8.77. The summed E-state index contributed by atoms with van der Waals surface area (Å²) in [6.07, 6.45) is 3.20. The van der Waals surface area contributed by atoms with Gasteiger partial charge in [-0.1, -0.05) is 60.1 Å². The molecular weight excluding hydrogens is 394 g/mol. The monoisotopic (exact) mass is 411 g/mol. The van der Waals surface area contributed by atoms with E-state index in [2.05, 4.69) is 14.7 Å². The van der Waals surface area contributed by atoms with Gasteiger partial charge in [0, 0.05) is 35.8 Å². The van der Waals surface area contributed by atoms with Crippen LogP contribution in [0.2, 0.25) is 5.15 Å². The minimum Gasteiger partial charge on any atom is -0.361 e. The van der Waals surface area contributed by atoms with Crippen molar-refractivity contribution in [2.75, 3.05) is 6.54 Å². The zero-order valence-electron chi connectivity index (χ0n) is 14.8. The van der Waals surface area contributed by atoms with Crippen molar-refractivity contribution in [1.29, 1.82) is 0 Å². The Balaban J connectivity index is 1.68. The van der Waals surface area contributed by atoms with E-state index in [0.29, 0.717) is 0 Å². The number of H-pyrrole nitrogens is 1. The highest BCUT2D eigenvalue weighted by atomic mass is 35.5. The molecule has 0 bridgehead atoms. The first-order valence-corrected chi connectivity index (χ1v) is 10.6. The number of hydrogen-bond donors (Lipinski definition) is 2. The molecule has 0 aliphatic carbocycles. The number of halogens is 1. The fourth-order valence-electron chi connectivity index (χ4n) is 3.27. The van der Waals surface area contributed by atoms with Crippen molar-refractivity contribution in [2.24, 2.45) is 0 Å². The summed E-state index contributed by atoms with van der Waals surface area (Å²) in [5.41, 5.74) is 3.09. The Bertz CT molecular complexity index is 1190. The van der Waals surface area contributed by atoms with Gasteiger partial charge in [-0.05, 0) is 29.3 Å². The number of benzene rings is 2. The SMILES string of the molecule is O=S(=O)(NCC(c1ccccc1)c1c[nH]c2ccccc12)c1ccc(Cl)nc1. The zero-order chi connectivity index (χ0) is 19.6. The highest BCUT2D eigenvalue weighted by Crippen LogP contribution is 2.30. The summed E-state index contributed by atoms with van der Waals surface area (Å²) in [5, 5.41) is 1.32. The molecule has 142 valence electrons. The minimum atomic E-state index is -3.71. The van der Waals surface area contributed by atoms with Crippen LogP contribution >= 0.6 is 11.6 Å². The van der Waals surface area contributed by atoms with Crippen LogP contribution in [0.5, 0.6) is 0 Å². The molecule has 4 aromatic rings. The van der Waals surface area contributed by atoms with Crippen molar-refractivity contribution in [3.05, 3.63) is 95.4 Å². The van der Waals surface area contributed by atoms with Gasteiger partial charge in [0.05, 0.1) is 0 Å². The number of aromatic amines is 1. The summed E-state index contributed by atoms with van der Waals surface area (Å²) in [6.45, 7) is 0.219. The van der Waals surface area contributed by atoms with Gasteiger partial charge in [0.2, 0.25) is 10.0 Å². The molecule has 5 nitrogen and oxygen atoms in total. The van der Waals surface area contributed by atoms with Crippen LogP contribution in [-0.2, 0) is 10.0 Å². The molecule has 0 saturated carbocycles. The van der Waals surface area contributed by atoms with Crippen LogP contribution in [-0.4, -0.2) is 24.9 Å². The minimum absolute atomic E-state index is 0.0858. The number of nitrogens with zero attached hydrogens (tertiary/aromatic N) is 1. The van der Waals surface area contributed by atoms with Crippen molar-refractivity contribution in [2.45, 2.75) is 10.8 Å². The van der Waals surface area contributed by atoms with Crippen molar-refractivity contribution in [1.82, 2.24) is 14.7 Å². The normalized spacial score (nSPS) is 12.9. The molecule has 0 fully saturated rings. The molecule has 0 spiro atoms. The Kier molecular flexibility index (Phi) is 5.17. The summed E-state index contributed by atoms with van der Waals surface area (Å²) in [6, 6.07) is 20.8. The van der Waals surface area contributed by atoms with E-state index in [9.17, 15) is 8.42 Å². The maximum Gasteiger partial charge on any atom is 0.242 e. The van der Waals surface area contributed by atoms with Gasteiger partial charge in [-0.3, -0.25) is 0 Å². The lowest BCUT2D eigenvalue weighted by Gasteiger charge is -2.18. The van der Waals surface area contributed by atoms with E-state index in [1.807, 2.05) is 60.8 Å². The Morgan fingerprint density at radius 3 is 2.50 bits per heavy atom. The van der Waals surface area contributed by atoms with Crippen molar-refractivity contribution in [3.8, 4) is 0 Å². The summed E-state index contributed by atoms with van der Waals surface area (Å²) in [7, 11) is -3.71. The maximum atomic E-state index is 12.7. The number of fused-ring (bicyclic) bond motifs is 1. The van der Waals surface area contributed by atoms with E-state index in [4.69, 9.17) is 11.6 Å². The van der Waals surface area contributed by atoms with Crippen LogP contribution in [0, 0.1) is 0 Å². The van der Waals surface area contributed by atoms with Gasteiger partial charge < -0.3 is 4.98 Å². The van der Waals surface area contributed by atoms with Crippen LogP contribution < -0.4 is 4.72 Å². The first-order chi connectivity index (χ1) is 13.5. The largest absolute Gasteiger partial charge is 0.361 e. The summed E-state index contributed by atoms with van der Waals surface area (Å²) >= 11 is 5.76. The number of sulfonamides is 1. The van der Waals surface area contributed by atoms with E-state index in [1.165, 1.54) is 18.3 Å². The lowest BCUT2D eigenvalue weighted by atomic mass is 9.91. The second-order valence-corrected chi connectivity index (χ2v) is 8.58. The van der Waals surface area contributed by atoms with Gasteiger partial charge in [-0.15, -0.1) is 0 Å². The van der Waals surface area contributed by atoms with Gasteiger partial charge in [0.1, 0.15) is 10.0 Å². The Hall–Kier alpha value is -2.67. The van der Waals surface area contributed by atoms with E-state index in [1.54, 1.807) is 0 Å². The summed E-state index contributed by atoms with van der Waals surface area (Å²) in [4.78, 5) is 7.22. The predicted molar refractivity (Wildman–Crippen MR) is 111 cm³/mol. The second-order valence-electron chi connectivity index (χ2n) is 6.42. The molecule has 4 rings (SSSR count). The molecule has 2 aromatic carbocycles. The lowest BCUT2D eigenvalue weighted by molar-refractivity contribution is 0.577. The van der Waals surface area contributed by atoms with Crippen LogP contribution in [0.4, 0.5) is 0 Å². The van der Waals surface area contributed by atoms with E-state index in [-0.39, 0.29) is 22.5 Å². The van der Waals surface area contributed by atoms with Crippen molar-refractivity contribution in [3.63, 3.8) is 0 Å². The molecule has 0 radical (unpaired) electrons. The molecule has 0 aliphatic heterocycles. The smallest absolute Gasteiger partial charge is 0.242 e. The summed E-state index contributed by atoms with van der Waals surface area (Å²) in [5.74, 6) is -0.146. The zero-order valence-corrected chi connectivity index (χ0v) is 16.4. The highest BCUT2D eigenvalue weighted by molar-refractivity contribution is 7.89. The van der Waals surface area contributed by atoms with E-state index in [0.717, 1.165) is 22.0 Å². The maximum absolute atomic E-state index is 12.7. The van der Waals surface area contributed by atoms with Crippen LogP contribution in [0.1, 0.15) is 17.0 Å². The molecule has 28 heavy (non-hydrogen) atoms. The fourth-order valence-corrected chi connectivity index (χ4v) is 4.38. The number of nitrogens with one attached hydrogen (secondary N) is 2. The molecule has 2 N–H and O–H groups in total. The molecule has 0 amide bonds. The fraction of sp³-hybridized carbons (Fsp3) is 0.0952. The van der Waals surface area contributed by atoms with Crippen LogP contribution in [0.15, 0.2) is 84.0 Å². The molecule has 2 heterocycles. The third-order valence-electron chi connectivity index (χ3n) is 4.69. The number of hydrogen-bond acceptors (Lipinski definition) is 3. The van der Waals surface area contributed by atoms with Crippen LogP contribution in [0.25, 0.3) is 10.9 Å². The number of para-hydroxylation sites is 1. The molecule has 7 heteroatoms. The van der Waals surface area contributed by atoms with Crippen molar-refractivity contribution < 1.29 is 8.42 Å². The van der Waals surface area contributed by atoms with Gasteiger partial charge in [-0.25, -0.2) is 18.1 Å². The number of rotatable bonds is 6. The molecule has 0 aliphatic rings. The topological polar surface area (TPSA) is 74.8 Å². The van der Waals surface area contributed by atoms with Gasteiger partial charge in [0.15, 0.2) is 0 Å². The quantitative estimate of drug-likeness (QED) is 0.464. The van der Waals surface area contributed by atoms with E-state index >= 15 is 0 Å². The Morgan fingerprint density at radius 2 is 1.75 bits per heavy atom. The third kappa shape index (κ3) is 3.80.